The Kier molecular flexibility index (Phi) is 5.80. The molecule has 0 N–H and O–H groups in total. The van der Waals surface area contributed by atoms with Crippen LogP contribution in [0, 0.1) is 23.7 Å². The molecule has 2 saturated heterocycles. The largest absolute Gasteiger partial charge is 0.391 e. The molecule has 0 spiro atoms. The lowest BCUT2D eigenvalue weighted by Crippen LogP contribution is -2.46. The van der Waals surface area contributed by atoms with Gasteiger partial charge in [-0.15, -0.1) is 0 Å². The van der Waals surface area contributed by atoms with E-state index < -0.39 is 5.79 Å². The topological polar surface area (TPSA) is 40.0 Å². The van der Waals surface area contributed by atoms with Crippen LogP contribution in [0.25, 0.3) is 0 Å². The molecule has 0 saturated carbocycles. The number of rotatable bonds is 7. The lowest BCUT2D eigenvalue weighted by Gasteiger charge is -2.39. The highest BCUT2D eigenvalue weighted by molar-refractivity contribution is 5.87. The number of hydrogen-bond acceptors (Lipinski definition) is 4. The zero-order chi connectivity index (χ0) is 17.9. The third-order valence-electron chi connectivity index (χ3n) is 6.04. The Labute approximate surface area is 151 Å². The Morgan fingerprint density at radius 3 is 2.72 bits per heavy atom. The van der Waals surface area contributed by atoms with Crippen molar-refractivity contribution < 1.29 is 14.3 Å². The van der Waals surface area contributed by atoms with Crippen LogP contribution in [0.2, 0.25) is 0 Å². The number of benzene rings is 1. The minimum absolute atomic E-state index is 0.287. The molecule has 138 valence electrons. The van der Waals surface area contributed by atoms with E-state index in [2.05, 4.69) is 45.0 Å². The van der Waals surface area contributed by atoms with Crippen LogP contribution < -0.4 is 0 Å². The summed E-state index contributed by atoms with van der Waals surface area (Å²) in [4.78, 5) is 5.74. The fourth-order valence-electron chi connectivity index (χ4n) is 3.81. The van der Waals surface area contributed by atoms with Crippen LogP contribution in [0.5, 0.6) is 0 Å². The zero-order valence-electron chi connectivity index (χ0n) is 15.9. The van der Waals surface area contributed by atoms with E-state index in [1.807, 2.05) is 18.2 Å². The lowest BCUT2D eigenvalue weighted by molar-refractivity contribution is -0.228. The van der Waals surface area contributed by atoms with Gasteiger partial charge in [0.2, 0.25) is 0 Å². The van der Waals surface area contributed by atoms with Crippen LogP contribution in [0.4, 0.5) is 0 Å². The van der Waals surface area contributed by atoms with E-state index in [9.17, 15) is 0 Å². The van der Waals surface area contributed by atoms with Gasteiger partial charge in [0, 0.05) is 17.8 Å². The van der Waals surface area contributed by atoms with Gasteiger partial charge < -0.3 is 14.3 Å². The van der Waals surface area contributed by atoms with Gasteiger partial charge >= 0.3 is 0 Å². The average molecular weight is 345 g/mol. The molecule has 0 radical (unpaired) electrons. The number of oxime groups is 1. The van der Waals surface area contributed by atoms with Crippen LogP contribution in [0.15, 0.2) is 35.5 Å². The highest BCUT2D eigenvalue weighted by Gasteiger charge is 2.53. The minimum Gasteiger partial charge on any atom is -0.391 e. The van der Waals surface area contributed by atoms with Crippen molar-refractivity contribution in [3.8, 4) is 0 Å². The van der Waals surface area contributed by atoms with Gasteiger partial charge in [0.1, 0.15) is 6.61 Å². The van der Waals surface area contributed by atoms with Crippen molar-refractivity contribution in [2.75, 3.05) is 13.2 Å². The quantitative estimate of drug-likeness (QED) is 0.534. The lowest BCUT2D eigenvalue weighted by atomic mass is 9.75. The van der Waals surface area contributed by atoms with Crippen molar-refractivity contribution in [3.63, 3.8) is 0 Å². The zero-order valence-corrected chi connectivity index (χ0v) is 15.9. The van der Waals surface area contributed by atoms with Crippen LogP contribution in [0.3, 0.4) is 0 Å². The summed E-state index contributed by atoms with van der Waals surface area (Å²) in [6.07, 6.45) is 2.10. The standard InChI is InChI=1S/C21H31NO3/c1-5-15(2)11-20(22-25-12-17-9-7-6-8-10-17)19-14-24-21(4)16(3)18(19)13-23-21/h6-10,15-16,18-19H,5,11-14H2,1-4H3/b22-20+/t15-,16+,18-,19-,21-/m0/s1. The molecule has 0 aromatic heterocycles. The maximum atomic E-state index is 6.08. The summed E-state index contributed by atoms with van der Waals surface area (Å²) in [6, 6.07) is 10.2. The molecule has 1 aromatic carbocycles. The molecule has 25 heavy (non-hydrogen) atoms. The SMILES string of the molecule is CC[C@H](C)C/C(=N\OCc1ccccc1)[C@H]1CO[C@]2(C)OC[C@H]1[C@H]2C. The van der Waals surface area contributed by atoms with Crippen molar-refractivity contribution >= 4 is 5.71 Å². The molecule has 0 unspecified atom stereocenters. The van der Waals surface area contributed by atoms with E-state index in [4.69, 9.17) is 14.3 Å². The fourth-order valence-corrected chi connectivity index (χ4v) is 3.81. The highest BCUT2D eigenvalue weighted by Crippen LogP contribution is 2.46. The Bertz CT molecular complexity index is 588. The molecule has 2 fully saturated rings. The molecule has 0 amide bonds. The van der Waals surface area contributed by atoms with Crippen molar-refractivity contribution in [1.29, 1.82) is 0 Å². The van der Waals surface area contributed by atoms with Crippen LogP contribution >= 0.6 is 0 Å². The molecule has 4 heteroatoms. The third kappa shape index (κ3) is 4.06. The van der Waals surface area contributed by atoms with Gasteiger partial charge in [-0.25, -0.2) is 0 Å². The average Bonchev–Trinajstić information content (AvgIpc) is 2.80. The molecular weight excluding hydrogens is 314 g/mol. The molecule has 2 heterocycles. The molecule has 0 aliphatic carbocycles. The second-order valence-corrected chi connectivity index (χ2v) is 7.76. The third-order valence-corrected chi connectivity index (χ3v) is 6.04. The summed E-state index contributed by atoms with van der Waals surface area (Å²) in [7, 11) is 0. The van der Waals surface area contributed by atoms with E-state index >= 15 is 0 Å². The monoisotopic (exact) mass is 345 g/mol. The van der Waals surface area contributed by atoms with Crippen LogP contribution in [-0.4, -0.2) is 24.7 Å². The summed E-state index contributed by atoms with van der Waals surface area (Å²) in [6.45, 7) is 10.7. The number of fused-ring (bicyclic) bond motifs is 2. The van der Waals surface area contributed by atoms with Gasteiger partial charge in [0.25, 0.3) is 0 Å². The molecule has 2 aliphatic heterocycles. The minimum atomic E-state index is -0.423. The Hall–Kier alpha value is -1.39. The molecule has 3 rings (SSSR count). The van der Waals surface area contributed by atoms with E-state index in [0.717, 1.165) is 30.7 Å². The second-order valence-electron chi connectivity index (χ2n) is 7.76. The number of hydrogen-bond donors (Lipinski definition) is 0. The Morgan fingerprint density at radius 1 is 1.28 bits per heavy atom. The summed E-state index contributed by atoms with van der Waals surface area (Å²) in [5.41, 5.74) is 2.27. The summed E-state index contributed by atoms with van der Waals surface area (Å²) in [5.74, 6) is 1.29. The molecule has 1 aromatic rings. The molecular formula is C21H31NO3. The number of nitrogens with zero attached hydrogens (tertiary/aromatic N) is 1. The van der Waals surface area contributed by atoms with Crippen molar-refractivity contribution in [2.45, 2.75) is 52.9 Å². The molecule has 2 aliphatic rings. The maximum Gasteiger partial charge on any atom is 0.168 e. The Balaban J connectivity index is 1.72. The Morgan fingerprint density at radius 2 is 2.00 bits per heavy atom. The highest BCUT2D eigenvalue weighted by atomic mass is 16.7. The first-order chi connectivity index (χ1) is 12.0. The van der Waals surface area contributed by atoms with E-state index in [-0.39, 0.29) is 5.92 Å². The van der Waals surface area contributed by atoms with Gasteiger partial charge in [-0.1, -0.05) is 62.7 Å². The van der Waals surface area contributed by atoms with E-state index in [1.54, 1.807) is 0 Å². The predicted molar refractivity (Wildman–Crippen MR) is 99.2 cm³/mol. The first-order valence-electron chi connectivity index (χ1n) is 9.54. The molecule has 2 bridgehead atoms. The van der Waals surface area contributed by atoms with Gasteiger partial charge in [-0.05, 0) is 24.8 Å². The molecule has 4 nitrogen and oxygen atoms in total. The smallest absolute Gasteiger partial charge is 0.168 e. The normalized spacial score (nSPS) is 33.3. The fraction of sp³-hybridized carbons (Fsp3) is 0.667. The second kappa shape index (κ2) is 7.88. The van der Waals surface area contributed by atoms with Gasteiger partial charge in [-0.3, -0.25) is 0 Å². The van der Waals surface area contributed by atoms with E-state index in [1.165, 1.54) is 0 Å². The van der Waals surface area contributed by atoms with Gasteiger partial charge in [0.15, 0.2) is 5.79 Å². The van der Waals surface area contributed by atoms with Crippen LogP contribution in [-0.2, 0) is 20.9 Å². The summed E-state index contributed by atoms with van der Waals surface area (Å²) in [5, 5.41) is 4.59. The maximum absolute atomic E-state index is 6.08. The van der Waals surface area contributed by atoms with Crippen molar-refractivity contribution in [1.82, 2.24) is 0 Å². The first kappa shape index (κ1) is 18.4. The van der Waals surface area contributed by atoms with Crippen LogP contribution in [0.1, 0.15) is 46.1 Å². The molecule has 5 atom stereocenters. The number of ether oxygens (including phenoxy) is 2. The van der Waals surface area contributed by atoms with Crippen molar-refractivity contribution in [3.05, 3.63) is 35.9 Å². The van der Waals surface area contributed by atoms with Gasteiger partial charge in [-0.2, -0.15) is 0 Å². The summed E-state index contributed by atoms with van der Waals surface area (Å²) < 4.78 is 12.0. The first-order valence-corrected chi connectivity index (χ1v) is 9.54. The van der Waals surface area contributed by atoms with E-state index in [0.29, 0.717) is 31.0 Å². The summed E-state index contributed by atoms with van der Waals surface area (Å²) >= 11 is 0. The van der Waals surface area contributed by atoms with Crippen molar-refractivity contribution in [2.24, 2.45) is 28.8 Å². The van der Waals surface area contributed by atoms with Gasteiger partial charge in [0.05, 0.1) is 18.9 Å². The predicted octanol–water partition coefficient (Wildman–Crippen LogP) is 4.64.